The van der Waals surface area contributed by atoms with Crippen molar-refractivity contribution in [3.05, 3.63) is 24.3 Å². The fraction of sp³-hybridized carbons (Fsp3) is 0.700. The Morgan fingerprint density at radius 3 is 2.43 bits per heavy atom. The molecule has 10 nitrogen and oxygen atoms in total. The zero-order valence-corrected chi connectivity index (χ0v) is 17.6. The Hall–Kier alpha value is -2.14. The lowest BCUT2D eigenvalue weighted by molar-refractivity contribution is -0.136. The van der Waals surface area contributed by atoms with Gasteiger partial charge in [0.1, 0.15) is 24.6 Å². The SMILES string of the molecule is CO[C@H]1CN(C(C)=O)CCCN(C(=O)c2cncnc2)CCCCOC[C@H](O)[C@@H]1O. The van der Waals surface area contributed by atoms with E-state index in [2.05, 4.69) is 9.97 Å². The van der Waals surface area contributed by atoms with Crippen molar-refractivity contribution in [2.24, 2.45) is 0 Å². The molecule has 1 aromatic heterocycles. The Labute approximate surface area is 176 Å². The summed E-state index contributed by atoms with van der Waals surface area (Å²) in [6.45, 7) is 3.32. The summed E-state index contributed by atoms with van der Waals surface area (Å²) in [7, 11) is 1.43. The third-order valence-corrected chi connectivity index (χ3v) is 5.13. The van der Waals surface area contributed by atoms with Gasteiger partial charge in [-0.25, -0.2) is 9.97 Å². The molecule has 0 unspecified atom stereocenters. The van der Waals surface area contributed by atoms with E-state index in [-0.39, 0.29) is 25.0 Å². The van der Waals surface area contributed by atoms with Gasteiger partial charge in [0.05, 0.1) is 12.2 Å². The van der Waals surface area contributed by atoms with Crippen LogP contribution >= 0.6 is 0 Å². The summed E-state index contributed by atoms with van der Waals surface area (Å²) in [6.07, 6.45) is 3.27. The third kappa shape index (κ3) is 7.28. The quantitative estimate of drug-likeness (QED) is 0.663. The van der Waals surface area contributed by atoms with E-state index >= 15 is 0 Å². The van der Waals surface area contributed by atoms with Gasteiger partial charge in [-0.15, -0.1) is 0 Å². The van der Waals surface area contributed by atoms with Crippen LogP contribution in [0.3, 0.4) is 0 Å². The van der Waals surface area contributed by atoms with Crippen molar-refractivity contribution in [1.29, 1.82) is 0 Å². The Morgan fingerprint density at radius 1 is 1.10 bits per heavy atom. The number of carbonyl (C=O) groups excluding carboxylic acids is 2. The minimum Gasteiger partial charge on any atom is -0.388 e. The van der Waals surface area contributed by atoms with Crippen LogP contribution in [0.1, 0.15) is 36.5 Å². The molecule has 0 bridgehead atoms. The van der Waals surface area contributed by atoms with Crippen LogP contribution < -0.4 is 0 Å². The van der Waals surface area contributed by atoms with Gasteiger partial charge in [0.2, 0.25) is 5.91 Å². The molecule has 30 heavy (non-hydrogen) atoms. The predicted molar refractivity (Wildman–Crippen MR) is 108 cm³/mol. The molecule has 1 saturated heterocycles. The predicted octanol–water partition coefficient (Wildman–Crippen LogP) is -0.295. The third-order valence-electron chi connectivity index (χ3n) is 5.13. The Balaban J connectivity index is 2.11. The maximum Gasteiger partial charge on any atom is 0.256 e. The maximum atomic E-state index is 12.8. The first-order valence-corrected chi connectivity index (χ1v) is 10.2. The lowest BCUT2D eigenvalue weighted by Crippen LogP contribution is -2.48. The highest BCUT2D eigenvalue weighted by Crippen LogP contribution is 2.11. The van der Waals surface area contributed by atoms with Gasteiger partial charge >= 0.3 is 0 Å². The van der Waals surface area contributed by atoms with E-state index in [0.717, 1.165) is 6.42 Å². The van der Waals surface area contributed by atoms with E-state index in [1.165, 1.54) is 32.8 Å². The Bertz CT molecular complexity index is 662. The topological polar surface area (TPSA) is 125 Å². The van der Waals surface area contributed by atoms with Gasteiger partial charge in [0.25, 0.3) is 5.91 Å². The van der Waals surface area contributed by atoms with E-state index in [1.54, 1.807) is 9.80 Å². The summed E-state index contributed by atoms with van der Waals surface area (Å²) < 4.78 is 10.8. The smallest absolute Gasteiger partial charge is 0.256 e. The van der Waals surface area contributed by atoms with Gasteiger partial charge in [-0.3, -0.25) is 9.59 Å². The zero-order valence-electron chi connectivity index (χ0n) is 17.6. The monoisotopic (exact) mass is 424 g/mol. The first kappa shape index (κ1) is 24.1. The van der Waals surface area contributed by atoms with Crippen LogP contribution in [0.25, 0.3) is 0 Å². The molecule has 0 aromatic carbocycles. The number of amides is 2. The number of methoxy groups -OCH3 is 1. The number of carbonyl (C=O) groups is 2. The second-order valence-electron chi connectivity index (χ2n) is 7.35. The molecule has 2 heterocycles. The van der Waals surface area contributed by atoms with Gasteiger partial charge in [-0.2, -0.15) is 0 Å². The van der Waals surface area contributed by atoms with Crippen molar-refractivity contribution in [3.63, 3.8) is 0 Å². The van der Waals surface area contributed by atoms with Gasteiger partial charge in [0.15, 0.2) is 0 Å². The van der Waals surface area contributed by atoms with E-state index in [9.17, 15) is 19.8 Å². The van der Waals surface area contributed by atoms with Gasteiger partial charge in [0, 0.05) is 59.2 Å². The first-order chi connectivity index (χ1) is 14.4. The minimum atomic E-state index is -1.18. The van der Waals surface area contributed by atoms with Crippen molar-refractivity contribution < 1.29 is 29.3 Å². The van der Waals surface area contributed by atoms with Crippen LogP contribution in [0.2, 0.25) is 0 Å². The molecule has 168 valence electrons. The summed E-state index contributed by atoms with van der Waals surface area (Å²) in [6, 6.07) is 0. The lowest BCUT2D eigenvalue weighted by atomic mass is 10.1. The Morgan fingerprint density at radius 2 is 1.77 bits per heavy atom. The van der Waals surface area contributed by atoms with Gasteiger partial charge in [-0.05, 0) is 19.3 Å². The van der Waals surface area contributed by atoms with Crippen LogP contribution in [-0.4, -0.2) is 107 Å². The van der Waals surface area contributed by atoms with Crippen molar-refractivity contribution in [3.8, 4) is 0 Å². The average Bonchev–Trinajstić information content (AvgIpc) is 2.76. The average molecular weight is 424 g/mol. The highest BCUT2D eigenvalue weighted by atomic mass is 16.5. The van der Waals surface area contributed by atoms with Crippen LogP contribution in [0.4, 0.5) is 0 Å². The van der Waals surface area contributed by atoms with Crippen molar-refractivity contribution in [2.45, 2.75) is 44.5 Å². The van der Waals surface area contributed by atoms with Gasteiger partial charge in [-0.1, -0.05) is 0 Å². The molecule has 1 aliphatic rings. The molecular weight excluding hydrogens is 392 g/mol. The van der Waals surface area contributed by atoms with Crippen molar-refractivity contribution >= 4 is 11.8 Å². The van der Waals surface area contributed by atoms with E-state index in [1.807, 2.05) is 0 Å². The highest BCUT2D eigenvalue weighted by molar-refractivity contribution is 5.93. The van der Waals surface area contributed by atoms with Crippen LogP contribution in [0.15, 0.2) is 18.7 Å². The number of aromatic nitrogens is 2. The maximum absolute atomic E-state index is 12.8. The van der Waals surface area contributed by atoms with Crippen molar-refractivity contribution in [1.82, 2.24) is 19.8 Å². The fourth-order valence-electron chi connectivity index (χ4n) is 3.33. The van der Waals surface area contributed by atoms with E-state index < -0.39 is 18.3 Å². The van der Waals surface area contributed by atoms with Crippen LogP contribution in [-0.2, 0) is 14.3 Å². The molecule has 0 aliphatic carbocycles. The molecule has 2 rings (SSSR count). The fourth-order valence-corrected chi connectivity index (χ4v) is 3.33. The summed E-state index contributed by atoms with van der Waals surface area (Å²) in [4.78, 5) is 36.0. The summed E-state index contributed by atoms with van der Waals surface area (Å²) in [5.74, 6) is -0.329. The number of hydrogen-bond donors (Lipinski definition) is 2. The molecular formula is C20H32N4O6. The molecule has 0 radical (unpaired) electrons. The molecule has 2 amide bonds. The largest absolute Gasteiger partial charge is 0.388 e. The van der Waals surface area contributed by atoms with E-state index in [4.69, 9.17) is 9.47 Å². The normalized spacial score (nSPS) is 25.3. The zero-order chi connectivity index (χ0) is 21.9. The van der Waals surface area contributed by atoms with Crippen molar-refractivity contribution in [2.75, 3.05) is 46.5 Å². The van der Waals surface area contributed by atoms with Crippen LogP contribution in [0, 0.1) is 0 Å². The Kier molecular flexibility index (Phi) is 10.1. The molecule has 1 aromatic rings. The van der Waals surface area contributed by atoms with E-state index in [0.29, 0.717) is 44.6 Å². The second kappa shape index (κ2) is 12.5. The highest BCUT2D eigenvalue weighted by Gasteiger charge is 2.29. The first-order valence-electron chi connectivity index (χ1n) is 10.2. The second-order valence-corrected chi connectivity index (χ2v) is 7.35. The molecule has 0 saturated carbocycles. The molecule has 1 aliphatic heterocycles. The standard InChI is InChI=1S/C20H32N4O6/c1-15(25)24-8-5-7-23(20(28)16-10-21-14-22-11-16)6-3-4-9-30-13-17(26)19(27)18(12-24)29-2/h10-11,14,17-19,26-27H,3-9,12-13H2,1-2H3/t17-,18-,19-/m0/s1. The molecule has 1 fully saturated rings. The number of ether oxygens (including phenoxy) is 2. The lowest BCUT2D eigenvalue weighted by Gasteiger charge is -2.31. The summed E-state index contributed by atoms with van der Waals surface area (Å²) >= 11 is 0. The number of hydrogen-bond acceptors (Lipinski definition) is 8. The number of aliphatic hydroxyl groups is 2. The molecule has 10 heteroatoms. The van der Waals surface area contributed by atoms with Crippen LogP contribution in [0.5, 0.6) is 0 Å². The number of aliphatic hydroxyl groups excluding tert-OH is 2. The number of rotatable bonds is 2. The molecule has 3 atom stereocenters. The molecule has 0 spiro atoms. The van der Waals surface area contributed by atoms with Gasteiger partial charge < -0.3 is 29.5 Å². The number of nitrogens with zero attached hydrogens (tertiary/aromatic N) is 4. The molecule has 2 N–H and O–H groups in total. The summed E-state index contributed by atoms with van der Waals surface area (Å²) in [5, 5.41) is 20.6. The summed E-state index contributed by atoms with van der Waals surface area (Å²) in [5.41, 5.74) is 0.417. The minimum absolute atomic E-state index is 0.0366.